The first-order chi connectivity index (χ1) is 5.57. The number of carbonyl (C=O) groups is 1. The van der Waals surface area contributed by atoms with Crippen molar-refractivity contribution in [2.24, 2.45) is 5.92 Å². The number of rotatable bonds is 2. The largest absolute Gasteiger partial charge is 0.387 e. The molecule has 3 unspecified atom stereocenters. The van der Waals surface area contributed by atoms with Crippen molar-refractivity contribution in [3.8, 4) is 0 Å². The highest BCUT2D eigenvalue weighted by molar-refractivity contribution is 5.81. The van der Waals surface area contributed by atoms with Gasteiger partial charge in [-0.3, -0.25) is 4.79 Å². The molecule has 70 valence electrons. The highest BCUT2D eigenvalue weighted by atomic mass is 16.7. The maximum atomic E-state index is 11.0. The molecule has 0 amide bonds. The van der Waals surface area contributed by atoms with Gasteiger partial charge in [0, 0.05) is 13.0 Å². The second-order valence-corrected chi connectivity index (χ2v) is 3.12. The van der Waals surface area contributed by atoms with Crippen LogP contribution < -0.4 is 0 Å². The molecule has 0 spiro atoms. The zero-order valence-corrected chi connectivity index (χ0v) is 7.48. The molecule has 1 fully saturated rings. The van der Waals surface area contributed by atoms with Crippen LogP contribution in [0.2, 0.25) is 0 Å². The van der Waals surface area contributed by atoms with Crippen molar-refractivity contribution in [1.82, 2.24) is 0 Å². The van der Waals surface area contributed by atoms with Crippen LogP contribution in [-0.4, -0.2) is 36.5 Å². The summed E-state index contributed by atoms with van der Waals surface area (Å²) in [6.07, 6.45) is -1.89. The van der Waals surface area contributed by atoms with Crippen LogP contribution in [0.1, 0.15) is 13.8 Å². The fraction of sp³-hybridized carbons (Fsp3) is 0.875. The number of Topliss-reactive ketones (excluding diaryl/α,β-unsaturated/α-hetero) is 1. The lowest BCUT2D eigenvalue weighted by Gasteiger charge is -2.11. The smallest absolute Gasteiger partial charge is 0.184 e. The molecule has 0 saturated carbocycles. The molecule has 0 aliphatic carbocycles. The first kappa shape index (κ1) is 9.64. The van der Waals surface area contributed by atoms with Crippen molar-refractivity contribution in [3.63, 3.8) is 0 Å². The number of hydrogen-bond donors (Lipinski definition) is 1. The zero-order valence-electron chi connectivity index (χ0n) is 7.48. The number of ether oxygens (including phenoxy) is 2. The van der Waals surface area contributed by atoms with Gasteiger partial charge in [-0.2, -0.15) is 0 Å². The summed E-state index contributed by atoms with van der Waals surface area (Å²) < 4.78 is 10.0. The third kappa shape index (κ3) is 1.50. The molecule has 1 heterocycles. The molecule has 1 N–H and O–H groups in total. The van der Waals surface area contributed by atoms with Crippen LogP contribution in [0.15, 0.2) is 0 Å². The van der Waals surface area contributed by atoms with E-state index in [1.165, 1.54) is 14.0 Å². The van der Waals surface area contributed by atoms with Crippen molar-refractivity contribution in [2.45, 2.75) is 32.3 Å². The van der Waals surface area contributed by atoms with Crippen molar-refractivity contribution >= 4 is 5.78 Å². The van der Waals surface area contributed by atoms with Gasteiger partial charge in [0.1, 0.15) is 12.2 Å². The summed E-state index contributed by atoms with van der Waals surface area (Å²) in [5.41, 5.74) is 0. The van der Waals surface area contributed by atoms with Gasteiger partial charge in [-0.05, 0) is 6.92 Å². The molecule has 12 heavy (non-hydrogen) atoms. The van der Waals surface area contributed by atoms with Crippen LogP contribution in [0, 0.1) is 5.92 Å². The Labute approximate surface area is 71.5 Å². The summed E-state index contributed by atoms with van der Waals surface area (Å²) in [7, 11) is 1.45. The van der Waals surface area contributed by atoms with Crippen LogP contribution >= 0.6 is 0 Å². The van der Waals surface area contributed by atoms with Crippen molar-refractivity contribution in [3.05, 3.63) is 0 Å². The maximum absolute atomic E-state index is 11.0. The van der Waals surface area contributed by atoms with E-state index in [4.69, 9.17) is 9.47 Å². The number of methoxy groups -OCH3 is 1. The second kappa shape index (κ2) is 3.51. The van der Waals surface area contributed by atoms with E-state index in [0.717, 1.165) is 0 Å². The van der Waals surface area contributed by atoms with Crippen molar-refractivity contribution in [2.75, 3.05) is 7.11 Å². The lowest BCUT2D eigenvalue weighted by Crippen LogP contribution is -2.28. The summed E-state index contributed by atoms with van der Waals surface area (Å²) in [5.74, 6) is -0.256. The Morgan fingerprint density at radius 3 is 2.42 bits per heavy atom. The number of hydrogen-bond acceptors (Lipinski definition) is 4. The molecule has 4 heteroatoms. The Balaban J connectivity index is 2.66. The average molecular weight is 174 g/mol. The molecule has 1 rings (SSSR count). The molecule has 1 aliphatic rings. The molecule has 0 radical (unpaired) electrons. The summed E-state index contributed by atoms with van der Waals surface area (Å²) in [6.45, 7) is 3.22. The summed E-state index contributed by atoms with van der Waals surface area (Å²) in [4.78, 5) is 11.0. The Morgan fingerprint density at radius 1 is 1.58 bits per heavy atom. The van der Waals surface area contributed by atoms with Gasteiger partial charge >= 0.3 is 0 Å². The Morgan fingerprint density at radius 2 is 2.17 bits per heavy atom. The van der Waals surface area contributed by atoms with Gasteiger partial charge < -0.3 is 14.6 Å². The molecule has 0 bridgehead atoms. The molecule has 4 atom stereocenters. The van der Waals surface area contributed by atoms with Gasteiger partial charge in [-0.15, -0.1) is 0 Å². The molecular weight excluding hydrogens is 160 g/mol. The number of carbonyl (C=O) groups excluding carboxylic acids is 1. The standard InChI is InChI=1S/C8H14O4/c1-4-6(10)8(11-3)12-7(4)5(2)9/h4,6-8,10H,1-3H3/t4-,6?,7?,8?/m1/s1. The highest BCUT2D eigenvalue weighted by Gasteiger charge is 2.43. The van der Waals surface area contributed by atoms with Crippen LogP contribution in [0.4, 0.5) is 0 Å². The minimum atomic E-state index is -0.705. The summed E-state index contributed by atoms with van der Waals surface area (Å²) in [5, 5.41) is 9.47. The van der Waals surface area contributed by atoms with Crippen molar-refractivity contribution < 1.29 is 19.4 Å². The second-order valence-electron chi connectivity index (χ2n) is 3.12. The summed E-state index contributed by atoms with van der Waals surface area (Å²) in [6, 6.07) is 0. The van der Waals surface area contributed by atoms with E-state index >= 15 is 0 Å². The average Bonchev–Trinajstić information content (AvgIpc) is 2.30. The highest BCUT2D eigenvalue weighted by Crippen LogP contribution is 2.27. The molecule has 1 saturated heterocycles. The first-order valence-electron chi connectivity index (χ1n) is 3.94. The predicted molar refractivity (Wildman–Crippen MR) is 41.5 cm³/mol. The molecule has 4 nitrogen and oxygen atoms in total. The Bertz CT molecular complexity index is 180. The Kier molecular flexibility index (Phi) is 2.82. The zero-order chi connectivity index (χ0) is 9.30. The lowest BCUT2D eigenvalue weighted by atomic mass is 9.99. The molecular formula is C8H14O4. The van der Waals surface area contributed by atoms with E-state index < -0.39 is 18.5 Å². The van der Waals surface area contributed by atoms with E-state index in [-0.39, 0.29) is 11.7 Å². The minimum Gasteiger partial charge on any atom is -0.387 e. The van der Waals surface area contributed by atoms with Gasteiger partial charge in [-0.1, -0.05) is 6.92 Å². The maximum Gasteiger partial charge on any atom is 0.184 e. The van der Waals surface area contributed by atoms with Gasteiger partial charge in [-0.25, -0.2) is 0 Å². The van der Waals surface area contributed by atoms with E-state index in [1.54, 1.807) is 6.92 Å². The quantitative estimate of drug-likeness (QED) is 0.637. The van der Waals surface area contributed by atoms with Gasteiger partial charge in [0.25, 0.3) is 0 Å². The monoisotopic (exact) mass is 174 g/mol. The third-order valence-electron chi connectivity index (χ3n) is 2.21. The van der Waals surface area contributed by atoms with Crippen LogP contribution in [0.25, 0.3) is 0 Å². The van der Waals surface area contributed by atoms with Gasteiger partial charge in [0.05, 0.1) is 0 Å². The minimum absolute atomic E-state index is 0.0684. The SMILES string of the molecule is COC1OC(C(C)=O)[C@H](C)C1O. The molecule has 0 aromatic rings. The van der Waals surface area contributed by atoms with Crippen LogP contribution in [0.5, 0.6) is 0 Å². The normalized spacial score (nSPS) is 41.7. The lowest BCUT2D eigenvalue weighted by molar-refractivity contribution is -0.158. The van der Waals surface area contributed by atoms with E-state index in [9.17, 15) is 9.90 Å². The fourth-order valence-corrected chi connectivity index (χ4v) is 1.44. The van der Waals surface area contributed by atoms with Crippen LogP contribution in [-0.2, 0) is 14.3 Å². The fourth-order valence-electron chi connectivity index (χ4n) is 1.44. The number of aliphatic hydroxyl groups excluding tert-OH is 1. The van der Waals surface area contributed by atoms with E-state index in [2.05, 4.69) is 0 Å². The first-order valence-corrected chi connectivity index (χ1v) is 3.94. The van der Waals surface area contributed by atoms with Gasteiger partial charge in [0.2, 0.25) is 0 Å². The number of aliphatic hydroxyl groups is 1. The van der Waals surface area contributed by atoms with E-state index in [1.807, 2.05) is 0 Å². The van der Waals surface area contributed by atoms with E-state index in [0.29, 0.717) is 0 Å². The van der Waals surface area contributed by atoms with Crippen LogP contribution in [0.3, 0.4) is 0 Å². The molecule has 0 aromatic carbocycles. The summed E-state index contributed by atoms with van der Waals surface area (Å²) >= 11 is 0. The number of ketones is 1. The predicted octanol–water partition coefficient (Wildman–Crippen LogP) is -0.0563. The van der Waals surface area contributed by atoms with Crippen molar-refractivity contribution in [1.29, 1.82) is 0 Å². The van der Waals surface area contributed by atoms with Gasteiger partial charge in [0.15, 0.2) is 12.1 Å². The molecule has 1 aliphatic heterocycles. The molecule has 0 aromatic heterocycles. The third-order valence-corrected chi connectivity index (χ3v) is 2.21. The topological polar surface area (TPSA) is 55.8 Å². The Hall–Kier alpha value is -0.450.